The van der Waals surface area contributed by atoms with Crippen LogP contribution in [-0.2, 0) is 0 Å². The Bertz CT molecular complexity index is 2430. The minimum Gasteiger partial charge on any atom is -0.509 e. The number of para-hydroxylation sites is 1. The van der Waals surface area contributed by atoms with Crippen LogP contribution < -0.4 is 0 Å². The second-order valence-electron chi connectivity index (χ2n) is 11.3. The first-order valence-corrected chi connectivity index (χ1v) is 14.6. The molecule has 0 bridgehead atoms. The van der Waals surface area contributed by atoms with E-state index in [0.717, 1.165) is 33.1 Å². The maximum absolute atomic E-state index is 11.4. The minimum atomic E-state index is -0.988. The van der Waals surface area contributed by atoms with E-state index in [-0.39, 0.29) is 33.0 Å². The molecule has 7 aromatic rings. The zero-order valence-corrected chi connectivity index (χ0v) is 25.0. The molecule has 0 unspecified atom stereocenters. The van der Waals surface area contributed by atoms with Gasteiger partial charge in [0.05, 0.1) is 0 Å². The monoisotopic (exact) mass is 624 g/mol. The lowest BCUT2D eigenvalue weighted by Gasteiger charge is -2.24. The highest BCUT2D eigenvalue weighted by atomic mass is 16.3. The number of aliphatic hydroxyl groups excluding tert-OH is 3. The molecule has 1 aromatic heterocycles. The number of hydrogen-bond donors (Lipinski definition) is 7. The number of phenols is 4. The van der Waals surface area contributed by atoms with Crippen LogP contribution in [-0.4, -0.2) is 35.7 Å². The Morgan fingerprint density at radius 1 is 0.532 bits per heavy atom. The smallest absolute Gasteiger partial charge is 0.204 e. The molecule has 0 saturated heterocycles. The van der Waals surface area contributed by atoms with Gasteiger partial charge in [-0.3, -0.25) is 0 Å². The Morgan fingerprint density at radius 2 is 1.04 bits per heavy atom. The van der Waals surface area contributed by atoms with Crippen LogP contribution in [0.1, 0.15) is 18.1 Å². The fourth-order valence-electron chi connectivity index (χ4n) is 6.31. The van der Waals surface area contributed by atoms with E-state index in [1.807, 2.05) is 54.6 Å². The minimum absolute atomic E-state index is 0.0433. The summed E-state index contributed by atoms with van der Waals surface area (Å²) in [5, 5.41) is 78.7. The van der Waals surface area contributed by atoms with Crippen molar-refractivity contribution in [1.29, 1.82) is 0 Å². The molecule has 0 amide bonds. The van der Waals surface area contributed by atoms with Crippen LogP contribution in [0.25, 0.3) is 77.6 Å². The molecule has 47 heavy (non-hydrogen) atoms. The van der Waals surface area contributed by atoms with Crippen LogP contribution in [0.5, 0.6) is 23.0 Å². The first-order valence-electron chi connectivity index (χ1n) is 14.6. The Hall–Kier alpha value is -6.54. The van der Waals surface area contributed by atoms with E-state index >= 15 is 0 Å². The molecule has 0 atom stereocenters. The predicted octanol–water partition coefficient (Wildman–Crippen LogP) is 9.90. The first kappa shape index (κ1) is 29.2. The maximum atomic E-state index is 11.4. The van der Waals surface area contributed by atoms with E-state index in [9.17, 15) is 35.7 Å². The number of rotatable bonds is 5. The van der Waals surface area contributed by atoms with Crippen molar-refractivity contribution >= 4 is 44.2 Å². The van der Waals surface area contributed by atoms with Crippen LogP contribution >= 0.6 is 0 Å². The zero-order chi connectivity index (χ0) is 33.1. The molecule has 0 radical (unpaired) electrons. The van der Waals surface area contributed by atoms with Crippen LogP contribution in [0.2, 0.25) is 0 Å². The van der Waals surface area contributed by atoms with Crippen LogP contribution in [0.3, 0.4) is 0 Å². The van der Waals surface area contributed by atoms with E-state index in [4.69, 9.17) is 4.42 Å². The Balaban J connectivity index is 1.56. The second-order valence-corrected chi connectivity index (χ2v) is 11.3. The molecule has 0 aliphatic heterocycles. The SMILES string of the molecule is C=C(O)c1c(/C(O)=C(\C)O)c(-c2ccc(-c3ccc4oc5ccccc5c4c3)cc2)c2c(O)c(O)c(O)c(O)c2c1-c1ccccc1. The van der Waals surface area contributed by atoms with Crippen molar-refractivity contribution in [3.05, 3.63) is 121 Å². The predicted molar refractivity (Wildman–Crippen MR) is 184 cm³/mol. The number of hydrogen-bond acceptors (Lipinski definition) is 8. The molecule has 0 aliphatic rings. The lowest BCUT2D eigenvalue weighted by molar-refractivity contribution is 0.351. The van der Waals surface area contributed by atoms with Gasteiger partial charge < -0.3 is 40.2 Å². The number of allylic oxidation sites excluding steroid dienone is 1. The van der Waals surface area contributed by atoms with Gasteiger partial charge in [-0.25, -0.2) is 0 Å². The third kappa shape index (κ3) is 4.46. The van der Waals surface area contributed by atoms with Crippen LogP contribution in [0.4, 0.5) is 0 Å². The van der Waals surface area contributed by atoms with E-state index in [1.54, 1.807) is 42.5 Å². The van der Waals surface area contributed by atoms with Crippen LogP contribution in [0, 0.1) is 0 Å². The van der Waals surface area contributed by atoms with Gasteiger partial charge in [0.25, 0.3) is 0 Å². The molecule has 0 aliphatic carbocycles. The van der Waals surface area contributed by atoms with Crippen LogP contribution in [0.15, 0.2) is 114 Å². The van der Waals surface area contributed by atoms with Gasteiger partial charge in [0.15, 0.2) is 17.3 Å². The fraction of sp³-hybridized carbons (Fsp3) is 0.0256. The second kappa shape index (κ2) is 10.8. The van der Waals surface area contributed by atoms with Crippen molar-refractivity contribution in [2.24, 2.45) is 0 Å². The molecule has 232 valence electrons. The van der Waals surface area contributed by atoms with E-state index in [0.29, 0.717) is 11.1 Å². The summed E-state index contributed by atoms with van der Waals surface area (Å²) < 4.78 is 5.97. The molecule has 8 nitrogen and oxygen atoms in total. The lowest BCUT2D eigenvalue weighted by atomic mass is 9.81. The summed E-state index contributed by atoms with van der Waals surface area (Å²) in [5.74, 6) is -5.20. The van der Waals surface area contributed by atoms with Crippen molar-refractivity contribution in [1.82, 2.24) is 0 Å². The van der Waals surface area contributed by atoms with E-state index in [1.165, 1.54) is 6.92 Å². The largest absolute Gasteiger partial charge is 0.509 e. The Kier molecular flexibility index (Phi) is 6.72. The molecule has 7 rings (SSSR count). The van der Waals surface area contributed by atoms with Gasteiger partial charge in [-0.05, 0) is 47.4 Å². The molecular weight excluding hydrogens is 596 g/mol. The van der Waals surface area contributed by atoms with Crippen molar-refractivity contribution in [2.75, 3.05) is 0 Å². The van der Waals surface area contributed by atoms with E-state index < -0.39 is 40.3 Å². The molecular formula is C39H28O8. The van der Waals surface area contributed by atoms with Gasteiger partial charge in [-0.1, -0.05) is 85.4 Å². The number of benzene rings is 6. The summed E-state index contributed by atoms with van der Waals surface area (Å²) in [4.78, 5) is 0. The highest BCUT2D eigenvalue weighted by Gasteiger charge is 2.32. The molecule has 8 heteroatoms. The molecule has 0 spiro atoms. The van der Waals surface area contributed by atoms with Crippen molar-refractivity contribution in [3.8, 4) is 56.4 Å². The van der Waals surface area contributed by atoms with Crippen molar-refractivity contribution in [3.63, 3.8) is 0 Å². The summed E-state index contributed by atoms with van der Waals surface area (Å²) in [6.07, 6.45) is 0. The van der Waals surface area contributed by atoms with Gasteiger partial charge in [0, 0.05) is 43.8 Å². The van der Waals surface area contributed by atoms with Gasteiger partial charge in [-0.15, -0.1) is 0 Å². The standard InChI is InChI=1S/C39H28O8/c1-19(40)29-30(22-8-4-3-5-9-22)33-34(37(44)39(46)38(45)36(33)43)31(32(29)35(42)20(2)41)23-14-12-21(13-15-23)24-16-17-28-26(18-24)25-10-6-7-11-27(25)47-28/h3-18,40-46H,1H2,2H3/b35-20-. The quantitative estimate of drug-likeness (QED) is 0.0567. The summed E-state index contributed by atoms with van der Waals surface area (Å²) in [5.41, 5.74) is 3.95. The van der Waals surface area contributed by atoms with E-state index in [2.05, 4.69) is 6.58 Å². The maximum Gasteiger partial charge on any atom is 0.204 e. The van der Waals surface area contributed by atoms with Gasteiger partial charge in [-0.2, -0.15) is 0 Å². The normalized spacial score (nSPS) is 12.1. The number of aliphatic hydroxyl groups is 3. The van der Waals surface area contributed by atoms with Crippen molar-refractivity contribution in [2.45, 2.75) is 6.92 Å². The molecule has 7 N–H and O–H groups in total. The van der Waals surface area contributed by atoms with Gasteiger partial charge in [0.2, 0.25) is 11.5 Å². The molecule has 0 fully saturated rings. The topological polar surface area (TPSA) is 155 Å². The third-order valence-electron chi connectivity index (χ3n) is 8.46. The number of aromatic hydroxyl groups is 4. The fourth-order valence-corrected chi connectivity index (χ4v) is 6.31. The average molecular weight is 625 g/mol. The highest BCUT2D eigenvalue weighted by molar-refractivity contribution is 6.19. The zero-order valence-electron chi connectivity index (χ0n) is 25.0. The summed E-state index contributed by atoms with van der Waals surface area (Å²) in [6.45, 7) is 4.97. The molecule has 6 aromatic carbocycles. The van der Waals surface area contributed by atoms with Gasteiger partial charge in [0.1, 0.15) is 22.7 Å². The lowest BCUT2D eigenvalue weighted by Crippen LogP contribution is -2.04. The summed E-state index contributed by atoms with van der Waals surface area (Å²) in [6, 6.07) is 29.1. The third-order valence-corrected chi connectivity index (χ3v) is 8.46. The molecule has 1 heterocycles. The van der Waals surface area contributed by atoms with Gasteiger partial charge >= 0.3 is 0 Å². The average Bonchev–Trinajstić information content (AvgIpc) is 3.46. The number of phenolic OH excluding ortho intramolecular Hbond substituents is 4. The first-order chi connectivity index (χ1) is 22.6. The van der Waals surface area contributed by atoms with Crippen molar-refractivity contribution < 1.29 is 40.2 Å². The number of fused-ring (bicyclic) bond motifs is 4. The molecule has 0 saturated carbocycles. The Labute approximate surface area is 267 Å². The highest BCUT2D eigenvalue weighted by Crippen LogP contribution is 2.57. The number of furan rings is 1. The summed E-state index contributed by atoms with van der Waals surface area (Å²) in [7, 11) is 0. The Morgan fingerprint density at radius 3 is 1.66 bits per heavy atom. The summed E-state index contributed by atoms with van der Waals surface area (Å²) >= 11 is 0.